The maximum Gasteiger partial charge on any atom is 0.440 e. The summed E-state index contributed by atoms with van der Waals surface area (Å²) in [5.41, 5.74) is 0. The quantitative estimate of drug-likeness (QED) is 0.405. The monoisotopic (exact) mass is 139 g/mol. The molecule has 3 nitrogen and oxygen atoms in total. The number of rotatable bonds is 0. The van der Waals surface area contributed by atoms with Crippen molar-refractivity contribution >= 4 is 35.9 Å². The van der Waals surface area contributed by atoms with E-state index in [1.807, 2.05) is 0 Å². The number of amides is 1. The van der Waals surface area contributed by atoms with Crippen molar-refractivity contribution in [3.05, 3.63) is 0 Å². The summed E-state index contributed by atoms with van der Waals surface area (Å²) in [6, 6.07) is 0. The summed E-state index contributed by atoms with van der Waals surface area (Å²) in [6.07, 6.45) is -1.30. The number of hydrogen-bond acceptors (Lipinski definition) is 2. The molecule has 0 saturated heterocycles. The summed E-state index contributed by atoms with van der Waals surface area (Å²) < 4.78 is 0. The van der Waals surface area contributed by atoms with E-state index in [0.29, 0.717) is 0 Å². The van der Waals surface area contributed by atoms with Crippen LogP contribution < -0.4 is 0 Å². The van der Waals surface area contributed by atoms with E-state index in [0.717, 1.165) is 0 Å². The summed E-state index contributed by atoms with van der Waals surface area (Å²) >= 11 is 3.93. The van der Waals surface area contributed by atoms with E-state index in [9.17, 15) is 4.79 Å². The van der Waals surface area contributed by atoms with Gasteiger partial charge in [-0.05, 0) is 12.2 Å². The Balaban J connectivity index is 0. The average molecular weight is 140 g/mol. The molecule has 0 bridgehead atoms. The largest absolute Gasteiger partial charge is 0.463 e. The summed E-state index contributed by atoms with van der Waals surface area (Å²) in [5.74, 6) is 0. The first kappa shape index (κ1) is 9.75. The van der Waals surface area contributed by atoms with Crippen LogP contribution >= 0.6 is 24.6 Å². The van der Waals surface area contributed by atoms with Gasteiger partial charge in [0.1, 0.15) is 0 Å². The molecule has 0 aromatic carbocycles. The van der Waals surface area contributed by atoms with E-state index in [1.165, 1.54) is 0 Å². The Morgan fingerprint density at radius 2 is 2.29 bits per heavy atom. The van der Waals surface area contributed by atoms with Gasteiger partial charge in [0, 0.05) is 0 Å². The van der Waals surface area contributed by atoms with Crippen molar-refractivity contribution in [3.63, 3.8) is 0 Å². The molecule has 1 amide bonds. The molecule has 40 valence electrons. The number of nitrogens with zero attached hydrogens (tertiary/aromatic N) is 1. The molecule has 0 spiro atoms. The molecular weight excluding hydrogens is 138 g/mol. The van der Waals surface area contributed by atoms with Crippen LogP contribution in [0.15, 0.2) is 4.99 Å². The van der Waals surface area contributed by atoms with E-state index in [2.05, 4.69) is 17.2 Å². The van der Waals surface area contributed by atoms with Crippen LogP contribution in [0, 0.1) is 0 Å². The molecule has 0 radical (unpaired) electrons. The minimum atomic E-state index is -1.30. The maximum absolute atomic E-state index is 9.30. The smallest absolute Gasteiger partial charge is 0.440 e. The predicted molar refractivity (Wildman–Crippen MR) is 30.3 cm³/mol. The number of isothiocyanates is 1. The lowest BCUT2D eigenvalue weighted by atomic mass is 11.2. The molecule has 0 fully saturated rings. The fourth-order valence-corrected chi connectivity index (χ4v) is 0.117. The highest BCUT2D eigenvalue weighted by molar-refractivity contribution is 7.78. The van der Waals surface area contributed by atoms with Crippen molar-refractivity contribution in [1.82, 2.24) is 0 Å². The van der Waals surface area contributed by atoms with E-state index in [4.69, 9.17) is 5.11 Å². The molecule has 0 heterocycles. The van der Waals surface area contributed by atoms with Crippen molar-refractivity contribution in [3.8, 4) is 0 Å². The Hall–Kier alpha value is -0.440. The second kappa shape index (κ2) is 5.56. The van der Waals surface area contributed by atoms with Gasteiger partial charge in [-0.25, -0.2) is 4.79 Å². The molecule has 0 rings (SSSR count). The van der Waals surface area contributed by atoms with Crippen LogP contribution in [0.2, 0.25) is 0 Å². The van der Waals surface area contributed by atoms with Gasteiger partial charge in [0.2, 0.25) is 0 Å². The summed E-state index contributed by atoms with van der Waals surface area (Å²) in [6.45, 7) is 0. The molecular formula is C2H2ClNO2S. The summed E-state index contributed by atoms with van der Waals surface area (Å²) in [4.78, 5) is 11.9. The highest BCUT2D eigenvalue weighted by atomic mass is 35.5. The third kappa shape index (κ3) is 10.8. The lowest BCUT2D eigenvalue weighted by Crippen LogP contribution is -1.79. The molecule has 0 aliphatic rings. The van der Waals surface area contributed by atoms with Crippen molar-refractivity contribution < 1.29 is 9.90 Å². The minimum absolute atomic E-state index is 0. The topological polar surface area (TPSA) is 49.7 Å². The third-order valence-electron chi connectivity index (χ3n) is 0.141. The fraction of sp³-hybridized carbons (Fsp3) is 0. The standard InChI is InChI=1S/C2HNO2S.ClH/c4-2(5)3-1-6;/h(H,4,5);1H. The van der Waals surface area contributed by atoms with Crippen LogP contribution in [-0.4, -0.2) is 16.4 Å². The normalized spacial score (nSPS) is 5.14. The highest BCUT2D eigenvalue weighted by Gasteiger charge is 1.78. The average Bonchev–Trinajstić information content (AvgIpc) is 1.35. The number of aliphatic imine (C=N–C) groups is 1. The highest BCUT2D eigenvalue weighted by Crippen LogP contribution is 1.62. The van der Waals surface area contributed by atoms with Gasteiger partial charge in [-0.2, -0.15) is 0 Å². The first-order valence-corrected chi connectivity index (χ1v) is 1.49. The molecule has 0 saturated carbocycles. The molecule has 5 heteroatoms. The molecule has 0 aromatic heterocycles. The number of thiocarbonyl (C=S) groups is 1. The van der Waals surface area contributed by atoms with Crippen molar-refractivity contribution in [2.45, 2.75) is 0 Å². The second-order valence-corrected chi connectivity index (χ2v) is 0.668. The van der Waals surface area contributed by atoms with Crippen molar-refractivity contribution in [2.24, 2.45) is 4.99 Å². The van der Waals surface area contributed by atoms with Crippen LogP contribution in [-0.2, 0) is 0 Å². The predicted octanol–water partition coefficient (Wildman–Crippen LogP) is 1.19. The number of carbonyl (C=O) groups is 1. The number of hydrogen-bond donors (Lipinski definition) is 1. The Kier molecular flexibility index (Phi) is 7.75. The van der Waals surface area contributed by atoms with Gasteiger partial charge in [0.05, 0.1) is 5.16 Å². The Bertz CT molecular complexity index is 108. The first-order chi connectivity index (χ1) is 2.77. The molecule has 1 N–H and O–H groups in total. The lowest BCUT2D eigenvalue weighted by molar-refractivity contribution is 0.206. The molecule has 0 aliphatic heterocycles. The summed E-state index contributed by atoms with van der Waals surface area (Å²) in [7, 11) is 0. The van der Waals surface area contributed by atoms with E-state index >= 15 is 0 Å². The molecule has 0 aliphatic carbocycles. The van der Waals surface area contributed by atoms with Crippen LogP contribution in [0.25, 0.3) is 0 Å². The first-order valence-electron chi connectivity index (χ1n) is 1.08. The Morgan fingerprint density at radius 1 is 1.86 bits per heavy atom. The van der Waals surface area contributed by atoms with Gasteiger partial charge in [-0.3, -0.25) is 0 Å². The van der Waals surface area contributed by atoms with Crippen molar-refractivity contribution in [1.29, 1.82) is 0 Å². The van der Waals surface area contributed by atoms with Gasteiger partial charge in [-0.15, -0.1) is 17.4 Å². The molecule has 0 unspecified atom stereocenters. The third-order valence-corrected chi connectivity index (χ3v) is 0.233. The SMILES string of the molecule is Cl.O=C(O)N=C=S. The van der Waals surface area contributed by atoms with Crippen molar-refractivity contribution in [2.75, 3.05) is 0 Å². The zero-order chi connectivity index (χ0) is 4.99. The molecule has 0 atom stereocenters. The minimum Gasteiger partial charge on any atom is -0.463 e. The zero-order valence-corrected chi connectivity index (χ0v) is 4.75. The number of carboxylic acid groups (broad SMARTS) is 1. The van der Waals surface area contributed by atoms with E-state index < -0.39 is 6.09 Å². The van der Waals surface area contributed by atoms with Crippen LogP contribution in [0.5, 0.6) is 0 Å². The Labute approximate surface area is 51.5 Å². The van der Waals surface area contributed by atoms with Gasteiger partial charge < -0.3 is 5.11 Å². The molecule has 7 heavy (non-hydrogen) atoms. The van der Waals surface area contributed by atoms with Crippen LogP contribution in [0.4, 0.5) is 4.79 Å². The van der Waals surface area contributed by atoms with Gasteiger partial charge in [0.25, 0.3) is 0 Å². The zero-order valence-electron chi connectivity index (χ0n) is 3.12. The van der Waals surface area contributed by atoms with E-state index in [-0.39, 0.29) is 12.4 Å². The maximum atomic E-state index is 9.30. The van der Waals surface area contributed by atoms with E-state index in [1.54, 1.807) is 5.16 Å². The van der Waals surface area contributed by atoms with Crippen LogP contribution in [0.3, 0.4) is 0 Å². The Morgan fingerprint density at radius 3 is 2.29 bits per heavy atom. The molecule has 0 aromatic rings. The van der Waals surface area contributed by atoms with Gasteiger partial charge >= 0.3 is 6.09 Å². The van der Waals surface area contributed by atoms with Gasteiger partial charge in [0.15, 0.2) is 0 Å². The van der Waals surface area contributed by atoms with Gasteiger partial charge in [-0.1, -0.05) is 0 Å². The lowest BCUT2D eigenvalue weighted by Gasteiger charge is -1.63. The second-order valence-electron chi connectivity index (χ2n) is 0.486. The fourth-order valence-electron chi connectivity index (χ4n) is 0.0390. The summed E-state index contributed by atoms with van der Waals surface area (Å²) in [5, 5.41) is 9.29. The number of halogens is 1. The van der Waals surface area contributed by atoms with Crippen LogP contribution in [0.1, 0.15) is 0 Å².